The van der Waals surface area contributed by atoms with Gasteiger partial charge in [0.15, 0.2) is 5.11 Å². The first-order chi connectivity index (χ1) is 14.9. The van der Waals surface area contributed by atoms with Crippen LogP contribution in [0.5, 0.6) is 0 Å². The molecule has 160 valence electrons. The van der Waals surface area contributed by atoms with Crippen molar-refractivity contribution in [3.8, 4) is 0 Å². The molecule has 0 radical (unpaired) electrons. The lowest BCUT2D eigenvalue weighted by Gasteiger charge is -2.28. The number of pyridine rings is 1. The molecule has 2 atom stereocenters. The van der Waals surface area contributed by atoms with E-state index >= 15 is 0 Å². The number of hydrogen-bond donors (Lipinski definition) is 2. The van der Waals surface area contributed by atoms with Crippen LogP contribution < -0.4 is 10.6 Å². The smallest absolute Gasteiger partial charge is 0.226 e. The van der Waals surface area contributed by atoms with E-state index in [1.54, 1.807) is 18.3 Å². The summed E-state index contributed by atoms with van der Waals surface area (Å²) in [6, 6.07) is 15.5. The lowest BCUT2D eigenvalue weighted by molar-refractivity contribution is -0.116. The zero-order valence-electron chi connectivity index (χ0n) is 17.4. The molecule has 0 spiro atoms. The molecule has 1 amide bonds. The third-order valence-electron chi connectivity index (χ3n) is 5.62. The molecule has 1 aromatic carbocycles. The number of carbonyl (C=O) groups is 1. The minimum Gasteiger partial charge on any atom is -0.352 e. The molecule has 0 unspecified atom stereocenters. The quantitative estimate of drug-likeness (QED) is 0.574. The summed E-state index contributed by atoms with van der Waals surface area (Å²) in [5.41, 5.74) is 3.70. The molecule has 4 rings (SSSR count). The molecule has 3 heterocycles. The molecule has 0 saturated carbocycles. The highest BCUT2D eigenvalue weighted by Gasteiger charge is 2.41. The molecule has 6 nitrogen and oxygen atoms in total. The number of hydrogen-bond acceptors (Lipinski definition) is 3. The average Bonchev–Trinajstić information content (AvgIpc) is 3.27. The minimum atomic E-state index is -0.340. The standard InChI is InChI=1S/C23H24FN5OS/c1-15-6-11-19(28(15)2)22-21(18-5-3-4-13-25-18)27-23(31)29(22)14-12-20(30)26-17-9-7-16(24)8-10-17/h3-11,13,21-22H,12,14H2,1-2H3,(H,26,30)(H,27,31)/t21-,22+/m1/s1. The van der Waals surface area contributed by atoms with Gasteiger partial charge in [0.25, 0.3) is 0 Å². The Morgan fingerprint density at radius 1 is 1.19 bits per heavy atom. The number of halogens is 1. The summed E-state index contributed by atoms with van der Waals surface area (Å²) >= 11 is 5.65. The van der Waals surface area contributed by atoms with Gasteiger partial charge in [-0.3, -0.25) is 9.78 Å². The molecule has 0 aliphatic carbocycles. The van der Waals surface area contributed by atoms with Crippen molar-refractivity contribution < 1.29 is 9.18 Å². The highest BCUT2D eigenvalue weighted by molar-refractivity contribution is 7.80. The summed E-state index contributed by atoms with van der Waals surface area (Å²) in [5, 5.41) is 6.79. The van der Waals surface area contributed by atoms with Crippen molar-refractivity contribution in [1.82, 2.24) is 19.8 Å². The van der Waals surface area contributed by atoms with E-state index in [9.17, 15) is 9.18 Å². The fraction of sp³-hybridized carbons (Fsp3) is 0.261. The van der Waals surface area contributed by atoms with Crippen LogP contribution in [0.25, 0.3) is 0 Å². The fourth-order valence-corrected chi connectivity index (χ4v) is 4.21. The number of amides is 1. The van der Waals surface area contributed by atoms with E-state index in [-0.39, 0.29) is 30.2 Å². The van der Waals surface area contributed by atoms with Crippen LogP contribution in [0.3, 0.4) is 0 Å². The summed E-state index contributed by atoms with van der Waals surface area (Å²) in [6.07, 6.45) is 2.01. The molecule has 1 fully saturated rings. The second-order valence-electron chi connectivity index (χ2n) is 7.58. The molecular weight excluding hydrogens is 413 g/mol. The van der Waals surface area contributed by atoms with Crippen molar-refractivity contribution in [1.29, 1.82) is 0 Å². The van der Waals surface area contributed by atoms with Gasteiger partial charge in [0, 0.05) is 43.3 Å². The van der Waals surface area contributed by atoms with Gasteiger partial charge < -0.3 is 20.1 Å². The van der Waals surface area contributed by atoms with Gasteiger partial charge in [-0.15, -0.1) is 0 Å². The van der Waals surface area contributed by atoms with Crippen LogP contribution in [-0.2, 0) is 11.8 Å². The molecule has 1 aliphatic heterocycles. The van der Waals surface area contributed by atoms with Gasteiger partial charge in [-0.1, -0.05) is 6.07 Å². The van der Waals surface area contributed by atoms with Gasteiger partial charge in [-0.25, -0.2) is 4.39 Å². The number of thiocarbonyl (C=S) groups is 1. The predicted molar refractivity (Wildman–Crippen MR) is 122 cm³/mol. The molecule has 1 saturated heterocycles. The van der Waals surface area contributed by atoms with Crippen molar-refractivity contribution >= 4 is 28.9 Å². The topological polar surface area (TPSA) is 62.2 Å². The Balaban J connectivity index is 1.54. The van der Waals surface area contributed by atoms with Gasteiger partial charge in [0.2, 0.25) is 5.91 Å². The highest BCUT2D eigenvalue weighted by Crippen LogP contribution is 2.38. The summed E-state index contributed by atoms with van der Waals surface area (Å²) in [6.45, 7) is 2.50. The molecule has 31 heavy (non-hydrogen) atoms. The summed E-state index contributed by atoms with van der Waals surface area (Å²) < 4.78 is 15.2. The molecule has 1 aliphatic rings. The van der Waals surface area contributed by atoms with E-state index < -0.39 is 0 Å². The Morgan fingerprint density at radius 3 is 2.61 bits per heavy atom. The number of benzene rings is 1. The average molecular weight is 438 g/mol. The number of aryl methyl sites for hydroxylation is 1. The van der Waals surface area contributed by atoms with Gasteiger partial charge in [0.05, 0.1) is 17.8 Å². The maximum Gasteiger partial charge on any atom is 0.226 e. The van der Waals surface area contributed by atoms with Crippen LogP contribution in [-0.4, -0.2) is 32.0 Å². The largest absolute Gasteiger partial charge is 0.352 e. The Labute approximate surface area is 186 Å². The molecule has 3 aromatic rings. The third-order valence-corrected chi connectivity index (χ3v) is 5.97. The van der Waals surface area contributed by atoms with E-state index in [1.165, 1.54) is 12.1 Å². The number of nitrogens with zero attached hydrogens (tertiary/aromatic N) is 3. The lowest BCUT2D eigenvalue weighted by Crippen LogP contribution is -2.33. The monoisotopic (exact) mass is 437 g/mol. The number of rotatable bonds is 6. The number of carbonyl (C=O) groups excluding carboxylic acids is 1. The second-order valence-corrected chi connectivity index (χ2v) is 7.97. The van der Waals surface area contributed by atoms with Crippen molar-refractivity contribution in [3.05, 3.63) is 83.7 Å². The predicted octanol–water partition coefficient (Wildman–Crippen LogP) is 3.87. The van der Waals surface area contributed by atoms with Gasteiger partial charge >= 0.3 is 0 Å². The molecule has 0 bridgehead atoms. The fourth-order valence-electron chi connectivity index (χ4n) is 3.88. The number of aromatic nitrogens is 2. The first-order valence-corrected chi connectivity index (χ1v) is 10.5. The molecule has 2 aromatic heterocycles. The summed E-state index contributed by atoms with van der Waals surface area (Å²) in [7, 11) is 2.03. The van der Waals surface area contributed by atoms with Crippen molar-refractivity contribution in [3.63, 3.8) is 0 Å². The maximum atomic E-state index is 13.1. The summed E-state index contributed by atoms with van der Waals surface area (Å²) in [4.78, 5) is 19.1. The molecular formula is C23H24FN5OS. The van der Waals surface area contributed by atoms with Crippen LogP contribution in [0.1, 0.15) is 35.6 Å². The molecule has 8 heteroatoms. The van der Waals surface area contributed by atoms with Crippen LogP contribution in [0.4, 0.5) is 10.1 Å². The summed E-state index contributed by atoms with van der Waals surface area (Å²) in [5.74, 6) is -0.495. The van der Waals surface area contributed by atoms with Gasteiger partial charge in [-0.2, -0.15) is 0 Å². The normalized spacial score (nSPS) is 18.2. The maximum absolute atomic E-state index is 13.1. The number of anilines is 1. The van der Waals surface area contributed by atoms with E-state index in [1.807, 2.05) is 30.1 Å². The highest BCUT2D eigenvalue weighted by atomic mass is 32.1. The van der Waals surface area contributed by atoms with Gasteiger partial charge in [0.1, 0.15) is 5.82 Å². The Hall–Kier alpha value is -3.26. The van der Waals surface area contributed by atoms with E-state index in [0.717, 1.165) is 17.1 Å². The van der Waals surface area contributed by atoms with Gasteiger partial charge in [-0.05, 0) is 67.7 Å². The SMILES string of the molecule is Cc1ccc([C@H]2[C@@H](c3ccccn3)NC(=S)N2CCC(=O)Nc2ccc(F)cc2)n1C. The minimum absolute atomic E-state index is 0.0975. The van der Waals surface area contributed by atoms with Crippen molar-refractivity contribution in [2.75, 3.05) is 11.9 Å². The Bertz CT molecular complexity index is 1080. The first kappa shape index (κ1) is 21.0. The van der Waals surface area contributed by atoms with E-state index in [4.69, 9.17) is 12.2 Å². The zero-order valence-corrected chi connectivity index (χ0v) is 18.2. The zero-order chi connectivity index (χ0) is 22.0. The van der Waals surface area contributed by atoms with Crippen molar-refractivity contribution in [2.45, 2.75) is 25.4 Å². The Morgan fingerprint density at radius 2 is 1.97 bits per heavy atom. The van der Waals surface area contributed by atoms with E-state index in [2.05, 4.69) is 39.2 Å². The van der Waals surface area contributed by atoms with Crippen LogP contribution in [0.2, 0.25) is 0 Å². The third kappa shape index (κ3) is 4.44. The van der Waals surface area contributed by atoms with Crippen LogP contribution >= 0.6 is 12.2 Å². The van der Waals surface area contributed by atoms with Crippen LogP contribution in [0.15, 0.2) is 60.8 Å². The second kappa shape index (κ2) is 8.85. The van der Waals surface area contributed by atoms with Crippen molar-refractivity contribution in [2.24, 2.45) is 7.05 Å². The number of nitrogens with one attached hydrogen (secondary N) is 2. The lowest BCUT2D eigenvalue weighted by atomic mass is 10.0. The van der Waals surface area contributed by atoms with Crippen LogP contribution in [0, 0.1) is 12.7 Å². The molecule has 2 N–H and O–H groups in total. The van der Waals surface area contributed by atoms with E-state index in [0.29, 0.717) is 17.3 Å². The Kier molecular flexibility index (Phi) is 5.99. The first-order valence-electron chi connectivity index (χ1n) is 10.1.